The molecule has 0 aliphatic heterocycles. The molecule has 0 aliphatic carbocycles. The standard InChI is InChI=1S/C19H24O2.C6H14O2/c1-13(2)12-18(20)19(21)17-10-8-16(9-11-17)15-6-4-14(3)5-7-15;1-5(2)3-6(8)4-7/h4-11,13,18-21H,12H2,1-3H3;5-8H,3-4H2,1-2H3/t18-,19-;6-/m11/s1. The van der Waals surface area contributed by atoms with Crippen LogP contribution in [-0.4, -0.2) is 39.2 Å². The van der Waals surface area contributed by atoms with Crippen LogP contribution < -0.4 is 0 Å². The van der Waals surface area contributed by atoms with Crippen molar-refractivity contribution in [3.05, 3.63) is 59.7 Å². The molecule has 0 amide bonds. The predicted molar refractivity (Wildman–Crippen MR) is 120 cm³/mol. The number of aliphatic hydroxyl groups excluding tert-OH is 4. The van der Waals surface area contributed by atoms with Crippen LogP contribution in [0, 0.1) is 18.8 Å². The van der Waals surface area contributed by atoms with E-state index < -0.39 is 18.3 Å². The van der Waals surface area contributed by atoms with E-state index in [0.717, 1.165) is 16.7 Å². The third-order valence-electron chi connectivity index (χ3n) is 4.67. The number of hydrogen-bond acceptors (Lipinski definition) is 4. The molecule has 29 heavy (non-hydrogen) atoms. The highest BCUT2D eigenvalue weighted by Gasteiger charge is 2.19. The third kappa shape index (κ3) is 9.55. The van der Waals surface area contributed by atoms with Gasteiger partial charge in [0.1, 0.15) is 6.10 Å². The minimum atomic E-state index is -0.820. The molecule has 4 N–H and O–H groups in total. The molecule has 4 heteroatoms. The molecule has 0 unspecified atom stereocenters. The van der Waals surface area contributed by atoms with E-state index >= 15 is 0 Å². The maximum absolute atomic E-state index is 10.2. The molecule has 0 aliphatic rings. The Bertz CT molecular complexity index is 677. The predicted octanol–water partition coefficient (Wildman–Crippen LogP) is 4.49. The van der Waals surface area contributed by atoms with Gasteiger partial charge in [-0.15, -0.1) is 0 Å². The summed E-state index contributed by atoms with van der Waals surface area (Å²) in [6.07, 6.45) is -0.762. The fraction of sp³-hybridized carbons (Fsp3) is 0.520. The molecule has 2 rings (SSSR count). The fourth-order valence-electron chi connectivity index (χ4n) is 3.07. The van der Waals surface area contributed by atoms with Crippen LogP contribution in [0.25, 0.3) is 11.1 Å². The van der Waals surface area contributed by atoms with Crippen LogP contribution in [0.3, 0.4) is 0 Å². The van der Waals surface area contributed by atoms with Crippen molar-refractivity contribution in [1.29, 1.82) is 0 Å². The average molecular weight is 403 g/mol. The first-order valence-electron chi connectivity index (χ1n) is 10.5. The van der Waals surface area contributed by atoms with E-state index in [9.17, 15) is 10.2 Å². The summed E-state index contributed by atoms with van der Waals surface area (Å²) in [5.41, 5.74) is 4.27. The molecule has 0 radical (unpaired) electrons. The normalized spacial score (nSPS) is 14.3. The molecule has 0 spiro atoms. The van der Waals surface area contributed by atoms with Gasteiger partial charge in [-0.3, -0.25) is 0 Å². The molecule has 0 fully saturated rings. The van der Waals surface area contributed by atoms with Gasteiger partial charge in [-0.05, 0) is 48.3 Å². The van der Waals surface area contributed by atoms with E-state index in [2.05, 4.69) is 31.2 Å². The highest BCUT2D eigenvalue weighted by atomic mass is 16.3. The Labute approximate surface area is 175 Å². The van der Waals surface area contributed by atoms with E-state index in [1.54, 1.807) is 0 Å². The zero-order valence-corrected chi connectivity index (χ0v) is 18.4. The first-order valence-corrected chi connectivity index (χ1v) is 10.5. The van der Waals surface area contributed by atoms with Crippen LogP contribution in [0.5, 0.6) is 0 Å². The minimum Gasteiger partial charge on any atom is -0.394 e. The second kappa shape index (κ2) is 12.8. The molecule has 0 heterocycles. The van der Waals surface area contributed by atoms with Crippen LogP contribution in [0.15, 0.2) is 48.5 Å². The molecule has 2 aromatic carbocycles. The van der Waals surface area contributed by atoms with Crippen molar-refractivity contribution in [2.24, 2.45) is 11.8 Å². The average Bonchev–Trinajstić information content (AvgIpc) is 2.67. The highest BCUT2D eigenvalue weighted by Crippen LogP contribution is 2.25. The zero-order valence-electron chi connectivity index (χ0n) is 18.4. The first kappa shape index (κ1) is 25.3. The number of benzene rings is 2. The number of aliphatic hydroxyl groups is 4. The van der Waals surface area contributed by atoms with Gasteiger partial charge in [-0.25, -0.2) is 0 Å². The van der Waals surface area contributed by atoms with E-state index in [-0.39, 0.29) is 6.61 Å². The number of aryl methyl sites for hydroxylation is 1. The van der Waals surface area contributed by atoms with Crippen molar-refractivity contribution in [2.45, 2.75) is 65.8 Å². The van der Waals surface area contributed by atoms with E-state index in [1.807, 2.05) is 52.0 Å². The molecule has 2 aromatic rings. The van der Waals surface area contributed by atoms with Crippen molar-refractivity contribution in [3.8, 4) is 11.1 Å². The lowest BCUT2D eigenvalue weighted by Crippen LogP contribution is -2.20. The summed E-state index contributed by atoms with van der Waals surface area (Å²) in [6, 6.07) is 16.1. The van der Waals surface area contributed by atoms with Crippen LogP contribution >= 0.6 is 0 Å². The molecule has 162 valence electrons. The number of hydrogen-bond donors (Lipinski definition) is 4. The largest absolute Gasteiger partial charge is 0.394 e. The number of rotatable bonds is 8. The second-order valence-electron chi connectivity index (χ2n) is 8.60. The van der Waals surface area contributed by atoms with Gasteiger partial charge in [-0.1, -0.05) is 81.8 Å². The molecule has 0 aromatic heterocycles. The summed E-state index contributed by atoms with van der Waals surface area (Å²) in [6.45, 7) is 10.1. The SMILES string of the molecule is CC(C)C[C@@H](O)CO.Cc1ccc(-c2ccc([C@@H](O)[C@H](O)CC(C)C)cc2)cc1. The fourth-order valence-corrected chi connectivity index (χ4v) is 3.07. The zero-order chi connectivity index (χ0) is 22.0. The van der Waals surface area contributed by atoms with Gasteiger partial charge < -0.3 is 20.4 Å². The van der Waals surface area contributed by atoms with Crippen LogP contribution in [0.1, 0.15) is 57.8 Å². The van der Waals surface area contributed by atoms with Crippen molar-refractivity contribution in [2.75, 3.05) is 6.61 Å². The lowest BCUT2D eigenvalue weighted by atomic mass is 9.95. The minimum absolute atomic E-state index is 0.113. The maximum atomic E-state index is 10.2. The summed E-state index contributed by atoms with van der Waals surface area (Å²) in [5, 5.41) is 37.3. The molecule has 0 saturated heterocycles. The summed E-state index contributed by atoms with van der Waals surface area (Å²) in [7, 11) is 0. The van der Waals surface area contributed by atoms with Gasteiger partial charge >= 0.3 is 0 Å². The quantitative estimate of drug-likeness (QED) is 0.524. The van der Waals surface area contributed by atoms with Gasteiger partial charge in [0.2, 0.25) is 0 Å². The Morgan fingerprint density at radius 2 is 1.14 bits per heavy atom. The van der Waals surface area contributed by atoms with Gasteiger partial charge in [0.25, 0.3) is 0 Å². The van der Waals surface area contributed by atoms with Crippen molar-refractivity contribution in [3.63, 3.8) is 0 Å². The summed E-state index contributed by atoms with van der Waals surface area (Å²) in [4.78, 5) is 0. The molecule has 0 bridgehead atoms. The Kier molecular flexibility index (Phi) is 11.1. The van der Waals surface area contributed by atoms with Gasteiger partial charge in [0.05, 0.1) is 18.8 Å². The summed E-state index contributed by atoms with van der Waals surface area (Å²) >= 11 is 0. The van der Waals surface area contributed by atoms with Gasteiger partial charge in [0.15, 0.2) is 0 Å². The molecule has 4 nitrogen and oxygen atoms in total. The van der Waals surface area contributed by atoms with E-state index in [0.29, 0.717) is 24.7 Å². The van der Waals surface area contributed by atoms with Crippen molar-refractivity contribution < 1.29 is 20.4 Å². The molecular weight excluding hydrogens is 364 g/mol. The summed E-state index contributed by atoms with van der Waals surface area (Å²) in [5.74, 6) is 0.832. The lowest BCUT2D eigenvalue weighted by molar-refractivity contribution is 0.00635. The first-order chi connectivity index (χ1) is 13.6. The smallest absolute Gasteiger partial charge is 0.105 e. The van der Waals surface area contributed by atoms with Crippen LogP contribution in [-0.2, 0) is 0 Å². The van der Waals surface area contributed by atoms with E-state index in [4.69, 9.17) is 10.2 Å². The lowest BCUT2D eigenvalue weighted by Gasteiger charge is -2.20. The van der Waals surface area contributed by atoms with Crippen molar-refractivity contribution >= 4 is 0 Å². The Hall–Kier alpha value is -1.72. The van der Waals surface area contributed by atoms with Crippen LogP contribution in [0.4, 0.5) is 0 Å². The van der Waals surface area contributed by atoms with Gasteiger partial charge in [0, 0.05) is 0 Å². The molecule has 3 atom stereocenters. The monoisotopic (exact) mass is 402 g/mol. The van der Waals surface area contributed by atoms with E-state index in [1.165, 1.54) is 5.56 Å². The van der Waals surface area contributed by atoms with Crippen LogP contribution in [0.2, 0.25) is 0 Å². The third-order valence-corrected chi connectivity index (χ3v) is 4.67. The molecule has 0 saturated carbocycles. The highest BCUT2D eigenvalue weighted by molar-refractivity contribution is 5.64. The van der Waals surface area contributed by atoms with Gasteiger partial charge in [-0.2, -0.15) is 0 Å². The maximum Gasteiger partial charge on any atom is 0.105 e. The Morgan fingerprint density at radius 3 is 1.52 bits per heavy atom. The summed E-state index contributed by atoms with van der Waals surface area (Å²) < 4.78 is 0. The van der Waals surface area contributed by atoms with Crippen molar-refractivity contribution in [1.82, 2.24) is 0 Å². The Morgan fingerprint density at radius 1 is 0.690 bits per heavy atom. The Balaban J connectivity index is 0.000000447. The molecular formula is C25H38O4. The second-order valence-corrected chi connectivity index (χ2v) is 8.60. The topological polar surface area (TPSA) is 80.9 Å².